The molecule has 0 unspecified atom stereocenters. The Kier molecular flexibility index (Phi) is 4.94. The zero-order valence-electron chi connectivity index (χ0n) is 12.6. The number of ketones is 1. The molecule has 1 aromatic rings. The Morgan fingerprint density at radius 3 is 2.46 bits per heavy atom. The van der Waals surface area contributed by atoms with Gasteiger partial charge in [0.2, 0.25) is 0 Å². The molecule has 8 heteroatoms. The van der Waals surface area contributed by atoms with Gasteiger partial charge in [-0.25, -0.2) is 0 Å². The fourth-order valence-electron chi connectivity index (χ4n) is 2.38. The number of amides is 1. The van der Waals surface area contributed by atoms with Crippen molar-refractivity contribution >= 4 is 34.7 Å². The Hall–Kier alpha value is -2.22. The highest BCUT2D eigenvalue weighted by Gasteiger charge is 2.28. The molecule has 2 aliphatic rings. The molecule has 0 bridgehead atoms. The minimum Gasteiger partial charge on any atom is -0.435 e. The molecule has 1 fully saturated rings. The molecular formula is C16H14F2N2O3S. The van der Waals surface area contributed by atoms with Gasteiger partial charge in [0.25, 0.3) is 5.91 Å². The third-order valence-electron chi connectivity index (χ3n) is 3.60. The summed E-state index contributed by atoms with van der Waals surface area (Å²) in [6.45, 7) is -1.72. The van der Waals surface area contributed by atoms with Crippen LogP contribution in [0.25, 0.3) is 6.08 Å². The standard InChI is InChI=1S/C16H14F2N2O3S/c17-15(18)23-12-3-1-10(2-4-12)9-13-14(22)19-16(24-13)20-7-5-11(21)6-8-20/h1-4,9,15H,5-8H2/b13-9-. The van der Waals surface area contributed by atoms with Gasteiger partial charge in [-0.2, -0.15) is 13.8 Å². The van der Waals surface area contributed by atoms with Crippen molar-refractivity contribution < 1.29 is 23.1 Å². The number of thioether (sulfide) groups is 1. The van der Waals surface area contributed by atoms with Crippen LogP contribution in [-0.4, -0.2) is 41.5 Å². The Balaban J connectivity index is 1.66. The minimum absolute atomic E-state index is 0.0625. The van der Waals surface area contributed by atoms with Gasteiger partial charge >= 0.3 is 6.61 Å². The highest BCUT2D eigenvalue weighted by atomic mass is 32.2. The van der Waals surface area contributed by atoms with Crippen molar-refractivity contribution in [1.29, 1.82) is 0 Å². The van der Waals surface area contributed by atoms with E-state index in [-0.39, 0.29) is 17.4 Å². The van der Waals surface area contributed by atoms with Crippen molar-refractivity contribution in [2.75, 3.05) is 13.1 Å². The van der Waals surface area contributed by atoms with Crippen LogP contribution in [0.15, 0.2) is 34.2 Å². The molecule has 0 saturated carbocycles. The maximum Gasteiger partial charge on any atom is 0.387 e. The predicted molar refractivity (Wildman–Crippen MR) is 86.9 cm³/mol. The molecule has 0 aliphatic carbocycles. The molecule has 24 heavy (non-hydrogen) atoms. The molecule has 126 valence electrons. The van der Waals surface area contributed by atoms with E-state index in [9.17, 15) is 18.4 Å². The van der Waals surface area contributed by atoms with E-state index in [0.29, 0.717) is 41.6 Å². The van der Waals surface area contributed by atoms with Crippen LogP contribution in [0.4, 0.5) is 8.78 Å². The first kappa shape index (κ1) is 16.6. The number of nitrogens with zero attached hydrogens (tertiary/aromatic N) is 2. The third-order valence-corrected chi connectivity index (χ3v) is 4.65. The lowest BCUT2D eigenvalue weighted by atomic mass is 10.1. The number of ether oxygens (including phenoxy) is 1. The van der Waals surface area contributed by atoms with E-state index in [2.05, 4.69) is 9.73 Å². The summed E-state index contributed by atoms with van der Waals surface area (Å²) in [5.74, 6) is -0.0460. The number of amidine groups is 1. The van der Waals surface area contributed by atoms with Gasteiger partial charge in [0.15, 0.2) is 5.17 Å². The minimum atomic E-state index is -2.87. The molecule has 1 aromatic carbocycles. The number of carbonyl (C=O) groups is 2. The molecular weight excluding hydrogens is 338 g/mol. The first-order valence-corrected chi connectivity index (χ1v) is 8.17. The van der Waals surface area contributed by atoms with E-state index in [1.54, 1.807) is 18.2 Å². The largest absolute Gasteiger partial charge is 0.435 e. The number of rotatable bonds is 3. The van der Waals surface area contributed by atoms with Gasteiger partial charge in [-0.05, 0) is 35.5 Å². The second-order valence-corrected chi connectivity index (χ2v) is 6.29. The summed E-state index contributed by atoms with van der Waals surface area (Å²) in [5, 5.41) is 0.608. The lowest BCUT2D eigenvalue weighted by molar-refractivity contribution is -0.120. The first-order valence-electron chi connectivity index (χ1n) is 7.35. The molecule has 0 aromatic heterocycles. The number of benzene rings is 1. The van der Waals surface area contributed by atoms with Gasteiger partial charge in [-0.15, -0.1) is 0 Å². The average molecular weight is 352 g/mol. The van der Waals surface area contributed by atoms with Crippen LogP contribution in [0.2, 0.25) is 0 Å². The number of hydrogen-bond donors (Lipinski definition) is 0. The van der Waals surface area contributed by atoms with Crippen LogP contribution in [0.1, 0.15) is 18.4 Å². The zero-order chi connectivity index (χ0) is 17.1. The van der Waals surface area contributed by atoms with Gasteiger partial charge in [0, 0.05) is 25.9 Å². The fraction of sp³-hybridized carbons (Fsp3) is 0.312. The molecule has 5 nitrogen and oxygen atoms in total. The van der Waals surface area contributed by atoms with Gasteiger partial charge in [-0.3, -0.25) is 9.59 Å². The summed E-state index contributed by atoms with van der Waals surface area (Å²) in [6, 6.07) is 6.02. The summed E-state index contributed by atoms with van der Waals surface area (Å²) < 4.78 is 28.5. The Labute approximate surface area is 141 Å². The number of likely N-dealkylation sites (tertiary alicyclic amines) is 1. The molecule has 0 N–H and O–H groups in total. The molecule has 0 spiro atoms. The maximum absolute atomic E-state index is 12.1. The van der Waals surface area contributed by atoms with Crippen LogP contribution in [0.5, 0.6) is 5.75 Å². The SMILES string of the molecule is O=C1CCN(C2=NC(=O)/C(=C/c3ccc(OC(F)F)cc3)S2)CC1. The van der Waals surface area contributed by atoms with Crippen molar-refractivity contribution in [2.45, 2.75) is 19.5 Å². The molecule has 1 amide bonds. The summed E-state index contributed by atoms with van der Waals surface area (Å²) in [7, 11) is 0. The summed E-state index contributed by atoms with van der Waals surface area (Å²) in [5.41, 5.74) is 0.692. The summed E-state index contributed by atoms with van der Waals surface area (Å²) in [4.78, 5) is 29.7. The third kappa shape index (κ3) is 4.00. The highest BCUT2D eigenvalue weighted by Crippen LogP contribution is 2.31. The molecule has 0 radical (unpaired) electrons. The second kappa shape index (κ2) is 7.12. The molecule has 1 saturated heterocycles. The van der Waals surface area contributed by atoms with Crippen LogP contribution < -0.4 is 4.74 Å². The molecule has 2 heterocycles. The lowest BCUT2D eigenvalue weighted by Crippen LogP contribution is -2.36. The van der Waals surface area contributed by atoms with Gasteiger partial charge in [0.1, 0.15) is 11.5 Å². The quantitative estimate of drug-likeness (QED) is 0.783. The molecule has 3 rings (SSSR count). The Bertz CT molecular complexity index is 707. The second-order valence-electron chi connectivity index (χ2n) is 5.28. The number of Topliss-reactive ketones (excluding diaryl/α,β-unsaturated/α-hetero) is 1. The van der Waals surface area contributed by atoms with E-state index in [4.69, 9.17) is 0 Å². The van der Waals surface area contributed by atoms with E-state index >= 15 is 0 Å². The topological polar surface area (TPSA) is 59.0 Å². The smallest absolute Gasteiger partial charge is 0.387 e. The molecule has 2 aliphatic heterocycles. The van der Waals surface area contributed by atoms with E-state index in [1.165, 1.54) is 23.9 Å². The zero-order valence-corrected chi connectivity index (χ0v) is 13.4. The van der Waals surface area contributed by atoms with Gasteiger partial charge in [0.05, 0.1) is 4.91 Å². The van der Waals surface area contributed by atoms with Crippen molar-refractivity contribution in [1.82, 2.24) is 4.90 Å². The number of piperidine rings is 1. The van der Waals surface area contributed by atoms with Crippen molar-refractivity contribution in [2.24, 2.45) is 4.99 Å². The van der Waals surface area contributed by atoms with Crippen LogP contribution in [-0.2, 0) is 9.59 Å². The number of hydrogen-bond acceptors (Lipinski definition) is 5. The van der Waals surface area contributed by atoms with E-state index in [1.807, 2.05) is 4.90 Å². The molecule has 0 atom stereocenters. The Morgan fingerprint density at radius 1 is 1.17 bits per heavy atom. The van der Waals surface area contributed by atoms with Crippen LogP contribution >= 0.6 is 11.8 Å². The maximum atomic E-state index is 12.1. The van der Waals surface area contributed by atoms with Crippen molar-refractivity contribution in [3.05, 3.63) is 34.7 Å². The number of carbonyl (C=O) groups excluding carboxylic acids is 2. The van der Waals surface area contributed by atoms with E-state index < -0.39 is 6.61 Å². The van der Waals surface area contributed by atoms with Gasteiger partial charge in [-0.1, -0.05) is 12.1 Å². The predicted octanol–water partition coefficient (Wildman–Crippen LogP) is 2.92. The van der Waals surface area contributed by atoms with Crippen LogP contribution in [0, 0.1) is 0 Å². The normalized spacial score (nSPS) is 20.0. The number of alkyl halides is 2. The number of aliphatic imine (C=N–C) groups is 1. The van der Waals surface area contributed by atoms with Crippen molar-refractivity contribution in [3.63, 3.8) is 0 Å². The number of halogens is 2. The van der Waals surface area contributed by atoms with Crippen LogP contribution in [0.3, 0.4) is 0 Å². The Morgan fingerprint density at radius 2 is 1.83 bits per heavy atom. The average Bonchev–Trinajstić information content (AvgIpc) is 2.90. The lowest BCUT2D eigenvalue weighted by Gasteiger charge is -2.26. The monoisotopic (exact) mass is 352 g/mol. The fourth-order valence-corrected chi connectivity index (χ4v) is 3.34. The van der Waals surface area contributed by atoms with Gasteiger partial charge < -0.3 is 9.64 Å². The highest BCUT2D eigenvalue weighted by molar-refractivity contribution is 8.18. The summed E-state index contributed by atoms with van der Waals surface area (Å²) >= 11 is 1.26. The summed E-state index contributed by atoms with van der Waals surface area (Å²) in [6.07, 6.45) is 2.60. The van der Waals surface area contributed by atoms with Crippen molar-refractivity contribution in [3.8, 4) is 5.75 Å². The van der Waals surface area contributed by atoms with E-state index in [0.717, 1.165) is 0 Å². The first-order chi connectivity index (χ1) is 11.5.